The van der Waals surface area contributed by atoms with E-state index in [1.54, 1.807) is 12.1 Å². The van der Waals surface area contributed by atoms with Crippen molar-refractivity contribution in [3.8, 4) is 0 Å². The van der Waals surface area contributed by atoms with E-state index in [0.29, 0.717) is 23.6 Å². The molecule has 1 fully saturated rings. The normalized spacial score (nSPS) is 15.2. The van der Waals surface area contributed by atoms with Crippen LogP contribution in [0, 0.1) is 0 Å². The molecule has 3 rings (SSSR count). The van der Waals surface area contributed by atoms with Gasteiger partial charge in [0.1, 0.15) is 12.1 Å². The number of anilines is 1. The van der Waals surface area contributed by atoms with E-state index in [2.05, 4.69) is 10.6 Å². The maximum Gasteiger partial charge on any atom is 0.325 e. The van der Waals surface area contributed by atoms with Crippen LogP contribution in [0.1, 0.15) is 32.3 Å². The summed E-state index contributed by atoms with van der Waals surface area (Å²) in [4.78, 5) is 50.4. The molecular formula is C21H23ClN4O4. The number of aromatic nitrogens is 1. The molecule has 1 saturated heterocycles. The molecule has 1 aliphatic heterocycles. The van der Waals surface area contributed by atoms with Crippen molar-refractivity contribution < 1.29 is 14.4 Å². The number of nitrogens with zero attached hydrogens (tertiary/aromatic N) is 2. The summed E-state index contributed by atoms with van der Waals surface area (Å²) in [6.45, 7) is 3.46. The van der Waals surface area contributed by atoms with Gasteiger partial charge in [0.25, 0.3) is 11.5 Å². The van der Waals surface area contributed by atoms with Crippen molar-refractivity contribution in [1.82, 2.24) is 14.8 Å². The fourth-order valence-corrected chi connectivity index (χ4v) is 3.63. The first-order chi connectivity index (χ1) is 14.3. The van der Waals surface area contributed by atoms with Gasteiger partial charge >= 0.3 is 6.03 Å². The molecule has 0 aliphatic carbocycles. The number of carbonyl (C=O) groups is 3. The summed E-state index contributed by atoms with van der Waals surface area (Å²) in [6.07, 6.45) is 2.39. The second kappa shape index (κ2) is 8.71. The van der Waals surface area contributed by atoms with E-state index in [1.165, 1.54) is 22.9 Å². The standard InChI is InChI=1S/C21H23ClN4O4/c1-3-21(4-2)19(29)26(20(30)24-21)13-17(27)23-15-9-10-18(28)25(12-15)11-14-7-5-6-8-16(14)22/h5-10,12H,3-4,11,13H2,1-2H3,(H,23,27)(H,24,30). The third-order valence-electron chi connectivity index (χ3n) is 5.32. The van der Waals surface area contributed by atoms with Crippen LogP contribution in [0.3, 0.4) is 0 Å². The molecule has 8 nitrogen and oxygen atoms in total. The minimum Gasteiger partial charge on any atom is -0.323 e. The largest absolute Gasteiger partial charge is 0.325 e. The predicted molar refractivity (Wildman–Crippen MR) is 113 cm³/mol. The van der Waals surface area contributed by atoms with Gasteiger partial charge in [-0.05, 0) is 30.5 Å². The first-order valence-electron chi connectivity index (χ1n) is 9.67. The minimum atomic E-state index is -0.959. The molecule has 0 spiro atoms. The molecule has 2 heterocycles. The lowest BCUT2D eigenvalue weighted by Crippen LogP contribution is -2.46. The third-order valence-corrected chi connectivity index (χ3v) is 5.69. The molecule has 158 valence electrons. The highest BCUT2D eigenvalue weighted by Gasteiger charge is 2.49. The molecule has 1 aromatic heterocycles. The number of rotatable bonds is 7. The molecule has 1 aromatic carbocycles. The topological polar surface area (TPSA) is 101 Å². The molecule has 0 atom stereocenters. The molecule has 0 radical (unpaired) electrons. The lowest BCUT2D eigenvalue weighted by Gasteiger charge is -2.23. The van der Waals surface area contributed by atoms with Gasteiger partial charge in [0.15, 0.2) is 0 Å². The average molecular weight is 431 g/mol. The Morgan fingerprint density at radius 1 is 1.10 bits per heavy atom. The Balaban J connectivity index is 1.72. The van der Waals surface area contributed by atoms with Gasteiger partial charge < -0.3 is 15.2 Å². The SMILES string of the molecule is CCC1(CC)NC(=O)N(CC(=O)Nc2ccc(=O)n(Cc3ccccc3Cl)c2)C1=O. The number of nitrogens with one attached hydrogen (secondary N) is 2. The maximum absolute atomic E-state index is 12.6. The van der Waals surface area contributed by atoms with E-state index in [-0.39, 0.29) is 12.1 Å². The monoisotopic (exact) mass is 430 g/mol. The fourth-order valence-electron chi connectivity index (χ4n) is 3.43. The lowest BCUT2D eigenvalue weighted by atomic mass is 9.93. The second-order valence-corrected chi connectivity index (χ2v) is 7.54. The smallest absolute Gasteiger partial charge is 0.323 e. The summed E-state index contributed by atoms with van der Waals surface area (Å²) in [5.74, 6) is -0.944. The zero-order valence-corrected chi connectivity index (χ0v) is 17.5. The Morgan fingerprint density at radius 2 is 1.80 bits per heavy atom. The lowest BCUT2D eigenvalue weighted by molar-refractivity contribution is -0.134. The highest BCUT2D eigenvalue weighted by molar-refractivity contribution is 6.31. The Bertz CT molecular complexity index is 1050. The molecule has 0 saturated carbocycles. The molecule has 2 N–H and O–H groups in total. The quantitative estimate of drug-likeness (QED) is 0.659. The zero-order chi connectivity index (χ0) is 21.9. The maximum atomic E-state index is 12.6. The summed E-state index contributed by atoms with van der Waals surface area (Å²) in [6, 6.07) is 9.39. The first kappa shape index (κ1) is 21.6. The first-order valence-corrected chi connectivity index (χ1v) is 10.1. The number of hydrogen-bond donors (Lipinski definition) is 2. The number of pyridine rings is 1. The van der Waals surface area contributed by atoms with E-state index < -0.39 is 29.9 Å². The predicted octanol–water partition coefficient (Wildman–Crippen LogP) is 2.60. The number of amides is 4. The molecule has 30 heavy (non-hydrogen) atoms. The highest BCUT2D eigenvalue weighted by Crippen LogP contribution is 2.24. The van der Waals surface area contributed by atoms with Crippen molar-refractivity contribution in [2.45, 2.75) is 38.8 Å². The number of benzene rings is 1. The Kier molecular flexibility index (Phi) is 6.26. The number of carbonyl (C=O) groups excluding carboxylic acids is 3. The summed E-state index contributed by atoms with van der Waals surface area (Å²) in [7, 11) is 0. The van der Waals surface area contributed by atoms with Crippen molar-refractivity contribution in [3.63, 3.8) is 0 Å². The van der Waals surface area contributed by atoms with Crippen LogP contribution >= 0.6 is 11.6 Å². The Morgan fingerprint density at radius 3 is 2.43 bits per heavy atom. The van der Waals surface area contributed by atoms with Crippen LogP contribution in [-0.4, -0.2) is 39.4 Å². The van der Waals surface area contributed by atoms with Crippen LogP contribution in [0.15, 0.2) is 47.4 Å². The summed E-state index contributed by atoms with van der Waals surface area (Å²) in [5, 5.41) is 5.86. The number of imide groups is 1. The van der Waals surface area contributed by atoms with E-state index >= 15 is 0 Å². The van der Waals surface area contributed by atoms with E-state index in [0.717, 1.165) is 10.5 Å². The molecule has 2 aromatic rings. The number of halogens is 1. The third kappa shape index (κ3) is 4.23. The van der Waals surface area contributed by atoms with E-state index in [9.17, 15) is 19.2 Å². The van der Waals surface area contributed by atoms with Crippen molar-refractivity contribution in [2.75, 3.05) is 11.9 Å². The van der Waals surface area contributed by atoms with Gasteiger partial charge in [0, 0.05) is 17.3 Å². The molecule has 9 heteroatoms. The Labute approximate surface area is 178 Å². The second-order valence-electron chi connectivity index (χ2n) is 7.13. The van der Waals surface area contributed by atoms with Crippen molar-refractivity contribution in [2.24, 2.45) is 0 Å². The highest BCUT2D eigenvalue weighted by atomic mass is 35.5. The number of urea groups is 1. The van der Waals surface area contributed by atoms with Gasteiger partial charge in [0.2, 0.25) is 5.91 Å². The van der Waals surface area contributed by atoms with E-state index in [4.69, 9.17) is 11.6 Å². The molecule has 0 unspecified atom stereocenters. The van der Waals surface area contributed by atoms with Crippen molar-refractivity contribution >= 4 is 35.1 Å². The Hall–Kier alpha value is -3.13. The average Bonchev–Trinajstić information content (AvgIpc) is 2.96. The molecular weight excluding hydrogens is 408 g/mol. The van der Waals surface area contributed by atoms with E-state index in [1.807, 2.05) is 26.0 Å². The van der Waals surface area contributed by atoms with Gasteiger partial charge in [-0.15, -0.1) is 0 Å². The zero-order valence-electron chi connectivity index (χ0n) is 16.8. The minimum absolute atomic E-state index is 0.241. The van der Waals surface area contributed by atoms with Gasteiger partial charge in [-0.25, -0.2) is 4.79 Å². The van der Waals surface area contributed by atoms with Gasteiger partial charge in [-0.2, -0.15) is 0 Å². The van der Waals surface area contributed by atoms with Crippen molar-refractivity contribution in [1.29, 1.82) is 0 Å². The summed E-state index contributed by atoms with van der Waals surface area (Å²) < 4.78 is 1.42. The van der Waals surface area contributed by atoms with Crippen LogP contribution in [0.2, 0.25) is 5.02 Å². The fraction of sp³-hybridized carbons (Fsp3) is 0.333. The summed E-state index contributed by atoms with van der Waals surface area (Å²) in [5.41, 5.74) is -0.0762. The van der Waals surface area contributed by atoms with Gasteiger partial charge in [0.05, 0.1) is 12.2 Å². The van der Waals surface area contributed by atoms with Gasteiger partial charge in [-0.3, -0.25) is 19.3 Å². The van der Waals surface area contributed by atoms with Crippen LogP contribution < -0.4 is 16.2 Å². The van der Waals surface area contributed by atoms with Gasteiger partial charge in [-0.1, -0.05) is 43.6 Å². The van der Waals surface area contributed by atoms with Crippen LogP contribution in [-0.2, 0) is 16.1 Å². The molecule has 1 aliphatic rings. The van der Waals surface area contributed by atoms with Crippen LogP contribution in [0.25, 0.3) is 0 Å². The van der Waals surface area contributed by atoms with Crippen LogP contribution in [0.4, 0.5) is 10.5 Å². The number of hydrogen-bond acceptors (Lipinski definition) is 4. The molecule has 4 amide bonds. The summed E-state index contributed by atoms with van der Waals surface area (Å²) >= 11 is 6.16. The van der Waals surface area contributed by atoms with Crippen LogP contribution in [0.5, 0.6) is 0 Å². The van der Waals surface area contributed by atoms with Crippen molar-refractivity contribution in [3.05, 3.63) is 63.5 Å². The molecule has 0 bridgehead atoms.